The first-order chi connectivity index (χ1) is 16.8. The van der Waals surface area contributed by atoms with Gasteiger partial charge in [-0.1, -0.05) is 42.5 Å². The van der Waals surface area contributed by atoms with Crippen molar-refractivity contribution in [2.45, 2.75) is 31.5 Å². The van der Waals surface area contributed by atoms with Crippen LogP contribution in [0, 0.1) is 0 Å². The number of carbonyl (C=O) groups is 1. The van der Waals surface area contributed by atoms with E-state index in [1.54, 1.807) is 6.20 Å². The van der Waals surface area contributed by atoms with Gasteiger partial charge < -0.3 is 19.9 Å². The Morgan fingerprint density at radius 3 is 2.37 bits per heavy atom. The average Bonchev–Trinajstić information content (AvgIpc) is 2.82. The standard InChI is InChI=1S/C24H26N2O2.C2HF3O2/c1-2-6-19(7-3-1)8-5-13-27-23-10-4-9-20(14-23)21-15-24(17-25-16-21)28-18-22-11-12-26-22;3-2(4,5)1(6)7/h1-4,6-7,9-10,14-17,22,26H,5,8,11-13,18H2;(H,6,7)/t22-;/m0./s1. The predicted octanol–water partition coefficient (Wildman–Crippen LogP) is 5.13. The molecule has 0 spiro atoms. The van der Waals surface area contributed by atoms with Crippen LogP contribution in [0.5, 0.6) is 11.5 Å². The van der Waals surface area contributed by atoms with Crippen molar-refractivity contribution < 1.29 is 32.5 Å². The van der Waals surface area contributed by atoms with E-state index in [0.29, 0.717) is 19.3 Å². The number of halogens is 3. The molecule has 1 aromatic heterocycles. The third kappa shape index (κ3) is 8.94. The molecule has 0 bridgehead atoms. The zero-order valence-corrected chi connectivity index (χ0v) is 19.0. The first kappa shape index (κ1) is 26.0. The van der Waals surface area contributed by atoms with Crippen molar-refractivity contribution in [3.05, 3.63) is 78.6 Å². The lowest BCUT2D eigenvalue weighted by molar-refractivity contribution is -0.192. The van der Waals surface area contributed by atoms with Crippen LogP contribution in [0.4, 0.5) is 13.2 Å². The minimum absolute atomic E-state index is 0.469. The van der Waals surface area contributed by atoms with Crippen molar-refractivity contribution >= 4 is 5.97 Å². The van der Waals surface area contributed by atoms with Gasteiger partial charge in [0.15, 0.2) is 0 Å². The molecule has 186 valence electrons. The summed E-state index contributed by atoms with van der Waals surface area (Å²) in [6, 6.07) is 21.2. The summed E-state index contributed by atoms with van der Waals surface area (Å²) in [5.41, 5.74) is 3.47. The van der Waals surface area contributed by atoms with Gasteiger partial charge in [-0.15, -0.1) is 0 Å². The lowest BCUT2D eigenvalue weighted by Gasteiger charge is -2.27. The van der Waals surface area contributed by atoms with E-state index < -0.39 is 12.1 Å². The van der Waals surface area contributed by atoms with Gasteiger partial charge in [0.2, 0.25) is 0 Å². The molecule has 0 saturated carbocycles. The molecule has 1 saturated heterocycles. The number of alkyl halides is 3. The number of carboxylic acids is 1. The molecule has 0 amide bonds. The molecule has 1 aliphatic rings. The molecular weight excluding hydrogens is 461 g/mol. The van der Waals surface area contributed by atoms with Crippen molar-refractivity contribution in [2.24, 2.45) is 0 Å². The first-order valence-electron chi connectivity index (χ1n) is 11.2. The molecule has 4 rings (SSSR count). The number of carboxylic acid groups (broad SMARTS) is 1. The second-order valence-corrected chi connectivity index (χ2v) is 7.93. The van der Waals surface area contributed by atoms with Crippen molar-refractivity contribution in [1.29, 1.82) is 0 Å². The Hall–Kier alpha value is -3.59. The van der Waals surface area contributed by atoms with Gasteiger partial charge in [-0.25, -0.2) is 4.79 Å². The van der Waals surface area contributed by atoms with E-state index in [0.717, 1.165) is 42.0 Å². The Balaban J connectivity index is 0.000000429. The summed E-state index contributed by atoms with van der Waals surface area (Å²) >= 11 is 0. The van der Waals surface area contributed by atoms with E-state index in [9.17, 15) is 13.2 Å². The summed E-state index contributed by atoms with van der Waals surface area (Å²) in [6.45, 7) is 2.48. The van der Waals surface area contributed by atoms with E-state index in [1.165, 1.54) is 12.0 Å². The number of hydrogen-bond acceptors (Lipinski definition) is 5. The molecule has 2 N–H and O–H groups in total. The van der Waals surface area contributed by atoms with Crippen molar-refractivity contribution in [3.8, 4) is 22.6 Å². The largest absolute Gasteiger partial charge is 0.494 e. The van der Waals surface area contributed by atoms with Crippen molar-refractivity contribution in [2.75, 3.05) is 19.8 Å². The molecule has 35 heavy (non-hydrogen) atoms. The zero-order chi connectivity index (χ0) is 25.1. The first-order valence-corrected chi connectivity index (χ1v) is 11.2. The van der Waals surface area contributed by atoms with E-state index >= 15 is 0 Å². The molecule has 2 aromatic carbocycles. The van der Waals surface area contributed by atoms with E-state index in [1.807, 2.05) is 30.5 Å². The Labute approximate surface area is 201 Å². The second kappa shape index (κ2) is 12.8. The highest BCUT2D eigenvalue weighted by Gasteiger charge is 2.38. The van der Waals surface area contributed by atoms with Gasteiger partial charge in [0.05, 0.1) is 12.8 Å². The van der Waals surface area contributed by atoms with Gasteiger partial charge >= 0.3 is 12.1 Å². The molecule has 1 fully saturated rings. The minimum Gasteiger partial charge on any atom is -0.494 e. The molecule has 2 heterocycles. The maximum atomic E-state index is 10.6. The van der Waals surface area contributed by atoms with E-state index in [2.05, 4.69) is 46.7 Å². The molecule has 9 heteroatoms. The topological polar surface area (TPSA) is 80.7 Å². The Bertz CT molecular complexity index is 1070. The Kier molecular flexibility index (Phi) is 9.48. The summed E-state index contributed by atoms with van der Waals surface area (Å²) in [4.78, 5) is 13.2. The SMILES string of the molecule is O=C(O)C(F)(F)F.c1ccc(CCCOc2cccc(-c3cncc(OC[C@@H]4CCN4)c3)c2)cc1. The van der Waals surface area contributed by atoms with Gasteiger partial charge in [-0.2, -0.15) is 13.2 Å². The summed E-state index contributed by atoms with van der Waals surface area (Å²) < 4.78 is 43.6. The normalized spacial score (nSPS) is 14.8. The lowest BCUT2D eigenvalue weighted by atomic mass is 10.1. The molecule has 1 aliphatic heterocycles. The second-order valence-electron chi connectivity index (χ2n) is 7.93. The van der Waals surface area contributed by atoms with Crippen LogP contribution in [0.1, 0.15) is 18.4 Å². The van der Waals surface area contributed by atoms with Gasteiger partial charge in [0.1, 0.15) is 18.1 Å². The number of rotatable bonds is 9. The number of benzene rings is 2. The zero-order valence-electron chi connectivity index (χ0n) is 19.0. The summed E-state index contributed by atoms with van der Waals surface area (Å²) in [7, 11) is 0. The Morgan fingerprint density at radius 2 is 1.71 bits per heavy atom. The third-order valence-corrected chi connectivity index (χ3v) is 5.22. The molecule has 0 aliphatic carbocycles. The smallest absolute Gasteiger partial charge is 0.490 e. The van der Waals surface area contributed by atoms with Crippen LogP contribution in [0.2, 0.25) is 0 Å². The number of nitrogens with one attached hydrogen (secondary N) is 1. The molecule has 0 radical (unpaired) electrons. The fourth-order valence-electron chi connectivity index (χ4n) is 3.22. The van der Waals surface area contributed by atoms with E-state index in [-0.39, 0.29) is 0 Å². The number of pyridine rings is 1. The van der Waals surface area contributed by atoms with Crippen LogP contribution in [0.25, 0.3) is 11.1 Å². The van der Waals surface area contributed by atoms with Crippen LogP contribution < -0.4 is 14.8 Å². The number of ether oxygens (including phenoxy) is 2. The molecular formula is C26H27F3N2O4. The number of aromatic nitrogens is 1. The fraction of sp³-hybridized carbons (Fsp3) is 0.308. The quantitative estimate of drug-likeness (QED) is 0.407. The summed E-state index contributed by atoms with van der Waals surface area (Å²) in [5, 5.41) is 10.5. The van der Waals surface area contributed by atoms with Crippen LogP contribution in [0.3, 0.4) is 0 Å². The molecule has 1 atom stereocenters. The highest BCUT2D eigenvalue weighted by molar-refractivity contribution is 5.73. The highest BCUT2D eigenvalue weighted by atomic mass is 19.4. The molecule has 6 nitrogen and oxygen atoms in total. The monoisotopic (exact) mass is 488 g/mol. The third-order valence-electron chi connectivity index (χ3n) is 5.22. The van der Waals surface area contributed by atoms with Gasteiger partial charge in [-0.05, 0) is 55.1 Å². The van der Waals surface area contributed by atoms with Crippen LogP contribution in [0.15, 0.2) is 73.1 Å². The van der Waals surface area contributed by atoms with Crippen LogP contribution in [-0.4, -0.2) is 48.0 Å². The number of aryl methyl sites for hydroxylation is 1. The maximum Gasteiger partial charge on any atom is 0.490 e. The van der Waals surface area contributed by atoms with Gasteiger partial charge in [0.25, 0.3) is 0 Å². The summed E-state index contributed by atoms with van der Waals surface area (Å²) in [5.74, 6) is -1.07. The Morgan fingerprint density at radius 1 is 1.00 bits per heavy atom. The molecule has 0 unspecified atom stereocenters. The maximum absolute atomic E-state index is 10.6. The van der Waals surface area contributed by atoms with Gasteiger partial charge in [0, 0.05) is 17.8 Å². The van der Waals surface area contributed by atoms with Crippen LogP contribution in [-0.2, 0) is 11.2 Å². The fourth-order valence-corrected chi connectivity index (χ4v) is 3.22. The lowest BCUT2D eigenvalue weighted by Crippen LogP contribution is -2.46. The van der Waals surface area contributed by atoms with Crippen molar-refractivity contribution in [1.82, 2.24) is 10.3 Å². The number of hydrogen-bond donors (Lipinski definition) is 2. The van der Waals surface area contributed by atoms with Crippen LogP contribution >= 0.6 is 0 Å². The molecule has 3 aromatic rings. The minimum atomic E-state index is -5.08. The van der Waals surface area contributed by atoms with Gasteiger partial charge in [-0.3, -0.25) is 4.98 Å². The predicted molar refractivity (Wildman–Crippen MR) is 126 cm³/mol. The average molecular weight is 489 g/mol. The number of aliphatic carboxylic acids is 1. The van der Waals surface area contributed by atoms with E-state index in [4.69, 9.17) is 19.4 Å². The van der Waals surface area contributed by atoms with Crippen molar-refractivity contribution in [3.63, 3.8) is 0 Å². The highest BCUT2D eigenvalue weighted by Crippen LogP contribution is 2.26. The summed E-state index contributed by atoms with van der Waals surface area (Å²) in [6.07, 6.45) is 1.75. The number of nitrogens with zero attached hydrogens (tertiary/aromatic N) is 1.